The van der Waals surface area contributed by atoms with Crippen molar-refractivity contribution in [2.24, 2.45) is 0 Å². The van der Waals surface area contributed by atoms with Crippen LogP contribution >= 0.6 is 0 Å². The molecule has 0 unspecified atom stereocenters. The topological polar surface area (TPSA) is 0 Å². The highest BCUT2D eigenvalue weighted by atomic mass is 14.3. The lowest BCUT2D eigenvalue weighted by Gasteiger charge is -2.32. The smallest absolute Gasteiger partial charge is 0.0280 e. The third-order valence-electron chi connectivity index (χ3n) is 1.96. The summed E-state index contributed by atoms with van der Waals surface area (Å²) < 4.78 is 0. The second-order valence-electron chi connectivity index (χ2n) is 2.21. The van der Waals surface area contributed by atoms with Crippen LogP contribution in [0.3, 0.4) is 0 Å². The predicted molar refractivity (Wildman–Crippen MR) is 25.5 cm³/mol. The lowest BCUT2D eigenvalue weighted by Crippen LogP contribution is -2.12. The van der Waals surface area contributed by atoms with E-state index in [2.05, 4.69) is 0 Å². The summed E-state index contributed by atoms with van der Waals surface area (Å²) in [5.41, 5.74) is 3.57. The van der Waals surface area contributed by atoms with Crippen molar-refractivity contribution >= 4 is 0 Å². The number of rotatable bonds is 0. The Kier molecular flexibility index (Phi) is 0.331. The van der Waals surface area contributed by atoms with E-state index in [9.17, 15) is 0 Å². The highest BCUT2D eigenvalue weighted by Gasteiger charge is 2.23. The van der Waals surface area contributed by atoms with Gasteiger partial charge in [-0.3, -0.25) is 0 Å². The van der Waals surface area contributed by atoms with E-state index in [1.807, 2.05) is 0 Å². The quantitative estimate of drug-likeness (QED) is 0.390. The Morgan fingerprint density at radius 1 is 0.667 bits per heavy atom. The predicted octanol–water partition coefficient (Wildman–Crippen LogP) is 1.87. The average molecular weight is 80.1 g/mol. The molecule has 0 spiro atoms. The minimum atomic E-state index is 1.44. The average Bonchev–Trinajstić information content (AvgIpc) is 1.54. The van der Waals surface area contributed by atoms with Crippen LogP contribution < -0.4 is 0 Å². The molecule has 2 rings (SSSR count). The summed E-state index contributed by atoms with van der Waals surface area (Å²) in [5, 5.41) is 0. The molecule has 0 aliphatic heterocycles. The van der Waals surface area contributed by atoms with Gasteiger partial charge in [-0.05, 0) is 25.7 Å². The number of hydrogen-bond acceptors (Lipinski definition) is 0. The summed E-state index contributed by atoms with van der Waals surface area (Å²) in [7, 11) is 0. The van der Waals surface area contributed by atoms with Gasteiger partial charge in [0.15, 0.2) is 0 Å². The van der Waals surface area contributed by atoms with Gasteiger partial charge in [0, 0.05) is 0 Å². The fraction of sp³-hybridized carbons (Fsp3) is 0.667. The summed E-state index contributed by atoms with van der Waals surface area (Å²) >= 11 is 0. The van der Waals surface area contributed by atoms with Crippen LogP contribution in [0.4, 0.5) is 0 Å². The highest BCUT2D eigenvalue weighted by molar-refractivity contribution is 5.32. The Hall–Kier alpha value is -0.260. The van der Waals surface area contributed by atoms with E-state index in [1.54, 1.807) is 11.1 Å². The van der Waals surface area contributed by atoms with E-state index in [0.717, 1.165) is 0 Å². The van der Waals surface area contributed by atoms with Gasteiger partial charge >= 0.3 is 0 Å². The third-order valence-corrected chi connectivity index (χ3v) is 1.96. The van der Waals surface area contributed by atoms with Crippen LogP contribution in [0, 0.1) is 0 Å². The van der Waals surface area contributed by atoms with E-state index in [1.165, 1.54) is 25.7 Å². The first kappa shape index (κ1) is 2.84. The second-order valence-corrected chi connectivity index (χ2v) is 2.21. The van der Waals surface area contributed by atoms with Gasteiger partial charge in [0.2, 0.25) is 0 Å². The van der Waals surface area contributed by atoms with E-state index in [-0.39, 0.29) is 0 Å². The summed E-state index contributed by atoms with van der Waals surface area (Å²) in [4.78, 5) is 0. The van der Waals surface area contributed by atoms with E-state index >= 15 is 0 Å². The Morgan fingerprint density at radius 3 is 1.00 bits per heavy atom. The van der Waals surface area contributed by atoms with E-state index in [0.29, 0.717) is 0 Å². The van der Waals surface area contributed by atoms with Gasteiger partial charge in [-0.1, -0.05) is 11.1 Å². The van der Waals surface area contributed by atoms with Crippen molar-refractivity contribution in [1.29, 1.82) is 0 Å². The van der Waals surface area contributed by atoms with Crippen LogP contribution in [-0.2, 0) is 0 Å². The SMILES string of the molecule is C1CC2=C1CC2. The van der Waals surface area contributed by atoms with Crippen LogP contribution in [0.2, 0.25) is 0 Å². The van der Waals surface area contributed by atoms with Crippen LogP contribution in [-0.4, -0.2) is 0 Å². The normalized spacial score (nSPS) is 28.0. The van der Waals surface area contributed by atoms with Crippen molar-refractivity contribution < 1.29 is 0 Å². The van der Waals surface area contributed by atoms with Crippen LogP contribution in [0.15, 0.2) is 11.1 Å². The van der Waals surface area contributed by atoms with Crippen LogP contribution in [0.1, 0.15) is 25.7 Å². The minimum absolute atomic E-state index is 1.44. The summed E-state index contributed by atoms with van der Waals surface area (Å²) in [6, 6.07) is 0. The molecule has 0 saturated heterocycles. The monoisotopic (exact) mass is 80.1 g/mol. The molecule has 0 aromatic heterocycles. The van der Waals surface area contributed by atoms with Crippen molar-refractivity contribution in [3.8, 4) is 0 Å². The first-order chi connectivity index (χ1) is 2.97. The fourth-order valence-electron chi connectivity index (χ4n) is 1.21. The van der Waals surface area contributed by atoms with Gasteiger partial charge in [0.25, 0.3) is 0 Å². The molecular formula is C6H8. The van der Waals surface area contributed by atoms with Gasteiger partial charge < -0.3 is 0 Å². The molecule has 0 saturated carbocycles. The summed E-state index contributed by atoms with van der Waals surface area (Å²) in [6.07, 6.45) is 5.76. The largest absolute Gasteiger partial charge is 0.0704 e. The second kappa shape index (κ2) is 0.699. The van der Waals surface area contributed by atoms with Crippen LogP contribution in [0.5, 0.6) is 0 Å². The Morgan fingerprint density at radius 2 is 1.00 bits per heavy atom. The molecule has 0 N–H and O–H groups in total. The van der Waals surface area contributed by atoms with Gasteiger partial charge in [-0.2, -0.15) is 0 Å². The molecule has 0 radical (unpaired) electrons. The van der Waals surface area contributed by atoms with Gasteiger partial charge in [-0.15, -0.1) is 0 Å². The van der Waals surface area contributed by atoms with Crippen molar-refractivity contribution in [1.82, 2.24) is 0 Å². The van der Waals surface area contributed by atoms with Gasteiger partial charge in [0.05, 0.1) is 0 Å². The van der Waals surface area contributed by atoms with Crippen molar-refractivity contribution in [3.63, 3.8) is 0 Å². The number of hydrogen-bond donors (Lipinski definition) is 0. The molecule has 2 aliphatic rings. The molecule has 0 atom stereocenters. The number of allylic oxidation sites excluding steroid dienone is 2. The highest BCUT2D eigenvalue weighted by Crippen LogP contribution is 2.43. The maximum atomic E-state index is 1.79. The molecule has 0 amide bonds. The molecule has 0 aromatic rings. The molecule has 2 aliphatic carbocycles. The first-order valence-corrected chi connectivity index (χ1v) is 2.66. The lowest BCUT2D eigenvalue weighted by atomic mass is 9.74. The van der Waals surface area contributed by atoms with Crippen LogP contribution in [0.25, 0.3) is 0 Å². The third kappa shape index (κ3) is 0.149. The first-order valence-electron chi connectivity index (χ1n) is 2.66. The molecule has 0 heterocycles. The maximum Gasteiger partial charge on any atom is -0.0280 e. The van der Waals surface area contributed by atoms with Gasteiger partial charge in [0.1, 0.15) is 0 Å². The molecule has 0 nitrogen and oxygen atoms in total. The zero-order chi connectivity index (χ0) is 3.98. The molecule has 32 valence electrons. The molecule has 0 heteroatoms. The molecule has 0 aromatic carbocycles. The zero-order valence-electron chi connectivity index (χ0n) is 3.83. The minimum Gasteiger partial charge on any atom is -0.0704 e. The standard InChI is InChI=1S/C6H8/c1-2-6-4-3-5(1)6/h1-4H2. The Bertz CT molecular complexity index is 83.2. The van der Waals surface area contributed by atoms with Crippen molar-refractivity contribution in [2.75, 3.05) is 0 Å². The van der Waals surface area contributed by atoms with Gasteiger partial charge in [-0.25, -0.2) is 0 Å². The fourth-order valence-corrected chi connectivity index (χ4v) is 1.21. The molecular weight excluding hydrogens is 72.1 g/mol. The zero-order valence-corrected chi connectivity index (χ0v) is 3.83. The molecule has 0 bridgehead atoms. The Labute approximate surface area is 37.9 Å². The molecule has 6 heavy (non-hydrogen) atoms. The summed E-state index contributed by atoms with van der Waals surface area (Å²) in [6.45, 7) is 0. The van der Waals surface area contributed by atoms with E-state index in [4.69, 9.17) is 0 Å². The van der Waals surface area contributed by atoms with Crippen molar-refractivity contribution in [2.45, 2.75) is 25.7 Å². The Balaban J connectivity index is 2.41. The van der Waals surface area contributed by atoms with Crippen molar-refractivity contribution in [3.05, 3.63) is 11.1 Å². The maximum absolute atomic E-state index is 1.79. The lowest BCUT2D eigenvalue weighted by molar-refractivity contribution is 0.599. The summed E-state index contributed by atoms with van der Waals surface area (Å²) in [5.74, 6) is 0. The van der Waals surface area contributed by atoms with E-state index < -0.39 is 0 Å². The molecule has 0 fully saturated rings.